The Kier molecular flexibility index (Phi) is 20.8. The molecule has 0 saturated carbocycles. The van der Waals surface area contributed by atoms with Gasteiger partial charge in [0, 0.05) is 0 Å². The van der Waals surface area contributed by atoms with Crippen molar-refractivity contribution in [1.82, 2.24) is 0 Å². The van der Waals surface area contributed by atoms with Crippen molar-refractivity contribution in [2.24, 2.45) is 0 Å². The number of aliphatic hydroxyl groups excluding tert-OH is 1. The summed E-state index contributed by atoms with van der Waals surface area (Å²) in [6.45, 7) is 2.27. The predicted molar refractivity (Wildman–Crippen MR) is 116 cm³/mol. The van der Waals surface area contributed by atoms with Crippen LogP contribution in [0.15, 0.2) is 12.2 Å². The summed E-state index contributed by atoms with van der Waals surface area (Å²) in [6.07, 6.45) is 27.1. The number of carboxylic acid groups (broad SMARTS) is 1. The van der Waals surface area contributed by atoms with Crippen molar-refractivity contribution in [3.63, 3.8) is 0 Å². The molecule has 0 fully saturated rings. The van der Waals surface area contributed by atoms with Crippen LogP contribution in [-0.2, 0) is 4.79 Å². The SMILES string of the molecule is CCCCCCCCC=CCCCCCCCCCCCCC(O)C(=O)O. The van der Waals surface area contributed by atoms with Gasteiger partial charge in [0.1, 0.15) is 0 Å². The molecule has 0 aliphatic heterocycles. The molecule has 1 unspecified atom stereocenters. The summed E-state index contributed by atoms with van der Waals surface area (Å²) in [5, 5.41) is 17.8. The van der Waals surface area contributed by atoms with Crippen LogP contribution in [0.5, 0.6) is 0 Å². The second kappa shape index (κ2) is 21.5. The van der Waals surface area contributed by atoms with E-state index in [1.807, 2.05) is 0 Å². The van der Waals surface area contributed by atoms with Gasteiger partial charge in [0.05, 0.1) is 0 Å². The number of aliphatic carboxylic acids is 1. The van der Waals surface area contributed by atoms with Crippen LogP contribution in [0.2, 0.25) is 0 Å². The largest absolute Gasteiger partial charge is 0.479 e. The first-order valence-corrected chi connectivity index (χ1v) is 11.7. The van der Waals surface area contributed by atoms with Gasteiger partial charge in [0.2, 0.25) is 0 Å². The highest BCUT2D eigenvalue weighted by molar-refractivity contribution is 5.71. The molecule has 3 nitrogen and oxygen atoms in total. The number of rotatable bonds is 21. The molecule has 0 radical (unpaired) electrons. The second-order valence-corrected chi connectivity index (χ2v) is 7.99. The van der Waals surface area contributed by atoms with Crippen LogP contribution in [0.25, 0.3) is 0 Å². The monoisotopic (exact) mass is 382 g/mol. The summed E-state index contributed by atoms with van der Waals surface area (Å²) in [4.78, 5) is 10.5. The van der Waals surface area contributed by atoms with Crippen LogP contribution in [0, 0.1) is 0 Å². The highest BCUT2D eigenvalue weighted by Crippen LogP contribution is 2.13. The highest BCUT2D eigenvalue weighted by Gasteiger charge is 2.11. The van der Waals surface area contributed by atoms with Crippen LogP contribution < -0.4 is 0 Å². The maximum Gasteiger partial charge on any atom is 0.332 e. The molecule has 0 aromatic heterocycles. The van der Waals surface area contributed by atoms with Crippen LogP contribution in [0.3, 0.4) is 0 Å². The van der Waals surface area contributed by atoms with Gasteiger partial charge in [-0.15, -0.1) is 0 Å². The molecule has 0 aliphatic rings. The number of aliphatic hydroxyl groups is 1. The van der Waals surface area contributed by atoms with Gasteiger partial charge in [-0.1, -0.05) is 109 Å². The number of allylic oxidation sites excluding steroid dienone is 2. The molecule has 0 bridgehead atoms. The van der Waals surface area contributed by atoms with Gasteiger partial charge in [0.15, 0.2) is 6.10 Å². The molecule has 0 rings (SSSR count). The Morgan fingerprint density at radius 1 is 0.667 bits per heavy atom. The summed E-state index contributed by atoms with van der Waals surface area (Å²) in [7, 11) is 0. The topological polar surface area (TPSA) is 57.5 Å². The first-order valence-electron chi connectivity index (χ1n) is 11.7. The van der Waals surface area contributed by atoms with Crippen LogP contribution in [-0.4, -0.2) is 22.3 Å². The van der Waals surface area contributed by atoms with Crippen molar-refractivity contribution in [1.29, 1.82) is 0 Å². The van der Waals surface area contributed by atoms with E-state index in [0.717, 1.165) is 19.3 Å². The lowest BCUT2D eigenvalue weighted by atomic mass is 10.0. The summed E-state index contributed by atoms with van der Waals surface area (Å²) < 4.78 is 0. The van der Waals surface area contributed by atoms with E-state index in [9.17, 15) is 9.90 Å². The fourth-order valence-electron chi connectivity index (χ4n) is 3.42. The third kappa shape index (κ3) is 21.3. The Balaban J connectivity index is 3.12. The summed E-state index contributed by atoms with van der Waals surface area (Å²) in [5.41, 5.74) is 0. The minimum absolute atomic E-state index is 0.392. The van der Waals surface area contributed by atoms with Crippen molar-refractivity contribution in [2.75, 3.05) is 0 Å². The zero-order chi connectivity index (χ0) is 20.0. The highest BCUT2D eigenvalue weighted by atomic mass is 16.4. The third-order valence-corrected chi connectivity index (χ3v) is 5.27. The van der Waals surface area contributed by atoms with E-state index < -0.39 is 12.1 Å². The molecule has 0 spiro atoms. The maximum absolute atomic E-state index is 10.5. The third-order valence-electron chi connectivity index (χ3n) is 5.27. The lowest BCUT2D eigenvalue weighted by Crippen LogP contribution is -2.18. The smallest absolute Gasteiger partial charge is 0.332 e. The Morgan fingerprint density at radius 3 is 1.44 bits per heavy atom. The summed E-state index contributed by atoms with van der Waals surface area (Å²) >= 11 is 0. The fraction of sp³-hybridized carbons (Fsp3) is 0.875. The molecule has 0 aliphatic carbocycles. The number of carboxylic acids is 1. The molecular weight excluding hydrogens is 336 g/mol. The van der Waals surface area contributed by atoms with Gasteiger partial charge in [-0.2, -0.15) is 0 Å². The van der Waals surface area contributed by atoms with Gasteiger partial charge >= 0.3 is 5.97 Å². The Hall–Kier alpha value is -0.830. The van der Waals surface area contributed by atoms with Crippen molar-refractivity contribution >= 4 is 5.97 Å². The Morgan fingerprint density at radius 2 is 1.04 bits per heavy atom. The second-order valence-electron chi connectivity index (χ2n) is 7.99. The van der Waals surface area contributed by atoms with Crippen molar-refractivity contribution < 1.29 is 15.0 Å². The standard InChI is InChI=1S/C24H46O3/c1-2-3-4-5-6-7-8-9-10-11-12-13-14-15-16-17-18-19-20-21-22-23(25)24(26)27/h9-10,23,25H,2-8,11-22H2,1H3,(H,26,27). The van der Waals surface area contributed by atoms with Gasteiger partial charge in [-0.25, -0.2) is 4.79 Å². The molecule has 0 aromatic rings. The average Bonchev–Trinajstić information content (AvgIpc) is 2.66. The van der Waals surface area contributed by atoms with Gasteiger partial charge in [0.25, 0.3) is 0 Å². The van der Waals surface area contributed by atoms with E-state index >= 15 is 0 Å². The normalized spacial score (nSPS) is 12.7. The molecule has 0 aromatic carbocycles. The molecule has 3 heteroatoms. The van der Waals surface area contributed by atoms with Gasteiger partial charge < -0.3 is 10.2 Å². The number of unbranched alkanes of at least 4 members (excludes halogenated alkanes) is 16. The number of carbonyl (C=O) groups is 1. The maximum atomic E-state index is 10.5. The van der Waals surface area contributed by atoms with Crippen LogP contribution >= 0.6 is 0 Å². The molecular formula is C24H46O3. The Bertz CT molecular complexity index is 339. The molecule has 160 valence electrons. The van der Waals surface area contributed by atoms with E-state index in [-0.39, 0.29) is 0 Å². The van der Waals surface area contributed by atoms with Crippen molar-refractivity contribution in [3.05, 3.63) is 12.2 Å². The average molecular weight is 383 g/mol. The minimum atomic E-state index is -1.17. The molecule has 0 amide bonds. The van der Waals surface area contributed by atoms with Crippen LogP contribution in [0.4, 0.5) is 0 Å². The Labute approximate surface area is 168 Å². The quantitative estimate of drug-likeness (QED) is 0.160. The van der Waals surface area contributed by atoms with Crippen LogP contribution in [0.1, 0.15) is 129 Å². The van der Waals surface area contributed by atoms with Gasteiger partial charge in [-0.3, -0.25) is 0 Å². The fourth-order valence-corrected chi connectivity index (χ4v) is 3.42. The lowest BCUT2D eigenvalue weighted by Gasteiger charge is -2.05. The van der Waals surface area contributed by atoms with E-state index in [0.29, 0.717) is 6.42 Å². The van der Waals surface area contributed by atoms with E-state index in [2.05, 4.69) is 19.1 Å². The predicted octanol–water partition coefficient (Wildman–Crippen LogP) is 7.42. The zero-order valence-corrected chi connectivity index (χ0v) is 18.0. The van der Waals surface area contributed by atoms with Gasteiger partial charge in [-0.05, 0) is 32.1 Å². The van der Waals surface area contributed by atoms with E-state index in [1.54, 1.807) is 0 Å². The van der Waals surface area contributed by atoms with Crippen molar-refractivity contribution in [3.8, 4) is 0 Å². The molecule has 27 heavy (non-hydrogen) atoms. The van der Waals surface area contributed by atoms with E-state index in [4.69, 9.17) is 5.11 Å². The molecule has 0 saturated heterocycles. The molecule has 2 N–H and O–H groups in total. The van der Waals surface area contributed by atoms with Crippen molar-refractivity contribution in [2.45, 2.75) is 135 Å². The first kappa shape index (κ1) is 26.2. The lowest BCUT2D eigenvalue weighted by molar-refractivity contribution is -0.146. The number of hydrogen-bond donors (Lipinski definition) is 2. The number of hydrogen-bond acceptors (Lipinski definition) is 2. The first-order chi connectivity index (χ1) is 13.2. The minimum Gasteiger partial charge on any atom is -0.479 e. The molecule has 0 heterocycles. The zero-order valence-electron chi connectivity index (χ0n) is 18.0. The summed E-state index contributed by atoms with van der Waals surface area (Å²) in [5.74, 6) is -1.09. The summed E-state index contributed by atoms with van der Waals surface area (Å²) in [6, 6.07) is 0. The van der Waals surface area contributed by atoms with E-state index in [1.165, 1.54) is 96.3 Å². The molecule has 1 atom stereocenters.